The lowest BCUT2D eigenvalue weighted by molar-refractivity contribution is 0.379. The van der Waals surface area contributed by atoms with Crippen LogP contribution in [0.15, 0.2) is 63.3 Å². The maximum atomic E-state index is 12.4. The van der Waals surface area contributed by atoms with Crippen LogP contribution < -0.4 is 4.72 Å². The number of hydrogen-bond donors (Lipinski definition) is 1. The number of nitrogens with one attached hydrogen (secondary N) is 1. The Bertz CT molecular complexity index is 1280. The van der Waals surface area contributed by atoms with Gasteiger partial charge in [0.2, 0.25) is 21.7 Å². The number of thiazole rings is 1. The Morgan fingerprint density at radius 2 is 1.84 bits per heavy atom. The minimum Gasteiger partial charge on any atom is -0.339 e. The molecule has 0 bridgehead atoms. The number of sulfonamides is 1. The van der Waals surface area contributed by atoms with Gasteiger partial charge in [0.15, 0.2) is 0 Å². The number of aromatic nitrogens is 3. The van der Waals surface area contributed by atoms with Crippen molar-refractivity contribution in [2.24, 2.45) is 0 Å². The molecule has 0 saturated heterocycles. The van der Waals surface area contributed by atoms with Crippen molar-refractivity contribution >= 4 is 21.4 Å². The first-order valence-electron chi connectivity index (χ1n) is 9.89. The summed E-state index contributed by atoms with van der Waals surface area (Å²) in [4.78, 5) is 9.26. The molecule has 9 heteroatoms. The standard InChI is InChI=1S/C22H22N4O3S2/c1-3-21-24-19(14-30-21)16-5-4-6-17(13-16)22-25-20(29-26-22)11-12-23-31(27,28)18-9-7-15(2)8-10-18/h4-10,13-14,23H,3,11-12H2,1-2H3. The fourth-order valence-corrected chi connectivity index (χ4v) is 4.78. The molecule has 0 fully saturated rings. The van der Waals surface area contributed by atoms with E-state index in [1.54, 1.807) is 35.6 Å². The predicted octanol–water partition coefficient (Wildman–Crippen LogP) is 4.25. The largest absolute Gasteiger partial charge is 0.339 e. The van der Waals surface area contributed by atoms with E-state index in [1.165, 1.54) is 0 Å². The smallest absolute Gasteiger partial charge is 0.240 e. The Hall–Kier alpha value is -2.88. The molecule has 4 aromatic rings. The summed E-state index contributed by atoms with van der Waals surface area (Å²) in [5, 5.41) is 7.18. The summed E-state index contributed by atoms with van der Waals surface area (Å²) in [5.41, 5.74) is 3.74. The third kappa shape index (κ3) is 5.07. The molecule has 0 aliphatic heterocycles. The van der Waals surface area contributed by atoms with Crippen molar-refractivity contribution in [1.29, 1.82) is 0 Å². The van der Waals surface area contributed by atoms with Crippen molar-refractivity contribution in [3.8, 4) is 22.6 Å². The average Bonchev–Trinajstić information content (AvgIpc) is 3.44. The Morgan fingerprint density at radius 3 is 2.58 bits per heavy atom. The Balaban J connectivity index is 1.41. The molecule has 2 aromatic heterocycles. The van der Waals surface area contributed by atoms with Gasteiger partial charge in [-0.3, -0.25) is 0 Å². The predicted molar refractivity (Wildman–Crippen MR) is 120 cm³/mol. The molecule has 0 radical (unpaired) electrons. The second-order valence-corrected chi connectivity index (χ2v) is 9.74. The zero-order valence-corrected chi connectivity index (χ0v) is 18.8. The zero-order chi connectivity index (χ0) is 21.8. The van der Waals surface area contributed by atoms with Crippen molar-refractivity contribution in [3.63, 3.8) is 0 Å². The van der Waals surface area contributed by atoms with Gasteiger partial charge in [0.1, 0.15) is 0 Å². The molecule has 0 aliphatic carbocycles. The maximum absolute atomic E-state index is 12.4. The fraction of sp³-hybridized carbons (Fsp3) is 0.227. The highest BCUT2D eigenvalue weighted by Crippen LogP contribution is 2.26. The maximum Gasteiger partial charge on any atom is 0.240 e. The highest BCUT2D eigenvalue weighted by atomic mass is 32.2. The number of aryl methyl sites for hydroxylation is 2. The van der Waals surface area contributed by atoms with Gasteiger partial charge >= 0.3 is 0 Å². The van der Waals surface area contributed by atoms with Crippen LogP contribution >= 0.6 is 11.3 Å². The van der Waals surface area contributed by atoms with E-state index in [9.17, 15) is 8.42 Å². The lowest BCUT2D eigenvalue weighted by atomic mass is 10.1. The normalized spacial score (nSPS) is 11.7. The number of benzene rings is 2. The quantitative estimate of drug-likeness (QED) is 0.427. The van der Waals surface area contributed by atoms with Crippen molar-refractivity contribution < 1.29 is 12.9 Å². The van der Waals surface area contributed by atoms with E-state index < -0.39 is 10.0 Å². The second kappa shape index (κ2) is 9.09. The zero-order valence-electron chi connectivity index (χ0n) is 17.2. The molecule has 7 nitrogen and oxygen atoms in total. The molecular formula is C22H22N4O3S2. The molecule has 4 rings (SSSR count). The van der Waals surface area contributed by atoms with E-state index >= 15 is 0 Å². The molecule has 0 saturated carbocycles. The highest BCUT2D eigenvalue weighted by Gasteiger charge is 2.15. The van der Waals surface area contributed by atoms with Gasteiger partial charge < -0.3 is 4.52 Å². The molecule has 2 heterocycles. The van der Waals surface area contributed by atoms with E-state index in [-0.39, 0.29) is 11.4 Å². The van der Waals surface area contributed by atoms with Crippen molar-refractivity contribution in [2.75, 3.05) is 6.54 Å². The first-order valence-corrected chi connectivity index (χ1v) is 12.2. The van der Waals surface area contributed by atoms with Crippen molar-refractivity contribution in [3.05, 3.63) is 70.4 Å². The first-order chi connectivity index (χ1) is 14.9. The van der Waals surface area contributed by atoms with Crippen LogP contribution in [0.25, 0.3) is 22.6 Å². The molecule has 0 spiro atoms. The van der Waals surface area contributed by atoms with Crippen molar-refractivity contribution in [1.82, 2.24) is 19.8 Å². The SMILES string of the molecule is CCc1nc(-c2cccc(-c3noc(CCNS(=O)(=O)c4ccc(C)cc4)n3)c2)cs1. The summed E-state index contributed by atoms with van der Waals surface area (Å²) in [6, 6.07) is 14.5. The number of nitrogens with zero attached hydrogens (tertiary/aromatic N) is 3. The summed E-state index contributed by atoms with van der Waals surface area (Å²) in [5.74, 6) is 0.832. The summed E-state index contributed by atoms with van der Waals surface area (Å²) in [6.45, 7) is 4.16. The van der Waals surface area contributed by atoms with Gasteiger partial charge in [0.05, 0.1) is 15.6 Å². The van der Waals surface area contributed by atoms with Gasteiger partial charge in [-0.05, 0) is 31.5 Å². The average molecular weight is 455 g/mol. The van der Waals surface area contributed by atoms with E-state index in [0.29, 0.717) is 18.1 Å². The second-order valence-electron chi connectivity index (χ2n) is 7.03. The molecule has 0 atom stereocenters. The van der Waals surface area contributed by atoms with Crippen molar-refractivity contribution in [2.45, 2.75) is 31.6 Å². The molecule has 160 valence electrons. The van der Waals surface area contributed by atoms with E-state index in [1.807, 2.05) is 36.6 Å². The molecule has 2 aromatic carbocycles. The minimum atomic E-state index is -3.57. The van der Waals surface area contributed by atoms with Gasteiger partial charge in [-0.2, -0.15) is 4.98 Å². The molecule has 0 aliphatic rings. The van der Waals surface area contributed by atoms with Gasteiger partial charge in [-0.15, -0.1) is 11.3 Å². The first kappa shape index (κ1) is 21.4. The topological polar surface area (TPSA) is 98.0 Å². The van der Waals surface area contributed by atoms with Gasteiger partial charge in [-0.25, -0.2) is 18.1 Å². The lowest BCUT2D eigenvalue weighted by Gasteiger charge is -2.05. The van der Waals surface area contributed by atoms with Gasteiger partial charge in [0, 0.05) is 29.5 Å². The number of hydrogen-bond acceptors (Lipinski definition) is 7. The summed E-state index contributed by atoms with van der Waals surface area (Å²) >= 11 is 1.64. The molecule has 0 unspecified atom stereocenters. The third-order valence-corrected chi connectivity index (χ3v) is 7.17. The van der Waals surface area contributed by atoms with Crippen LogP contribution in [0.3, 0.4) is 0 Å². The lowest BCUT2D eigenvalue weighted by Crippen LogP contribution is -2.26. The third-order valence-electron chi connectivity index (χ3n) is 4.70. The number of rotatable bonds is 8. The Labute approximate surface area is 185 Å². The molecule has 31 heavy (non-hydrogen) atoms. The monoisotopic (exact) mass is 454 g/mol. The summed E-state index contributed by atoms with van der Waals surface area (Å²) in [6.07, 6.45) is 1.20. The van der Waals surface area contributed by atoms with Crippen LogP contribution in [0.2, 0.25) is 0 Å². The van der Waals surface area contributed by atoms with Gasteiger partial charge in [-0.1, -0.05) is 48.0 Å². The fourth-order valence-electron chi connectivity index (χ4n) is 2.99. The van der Waals surface area contributed by atoms with Crippen LogP contribution in [0.5, 0.6) is 0 Å². The molecule has 0 amide bonds. The van der Waals surface area contributed by atoms with Crippen LogP contribution in [0.1, 0.15) is 23.4 Å². The summed E-state index contributed by atoms with van der Waals surface area (Å²) < 4.78 is 32.6. The highest BCUT2D eigenvalue weighted by molar-refractivity contribution is 7.89. The van der Waals surface area contributed by atoms with Crippen LogP contribution in [0.4, 0.5) is 0 Å². The molecular weight excluding hydrogens is 432 g/mol. The summed E-state index contributed by atoms with van der Waals surface area (Å²) in [7, 11) is -3.57. The van der Waals surface area contributed by atoms with Crippen LogP contribution in [0, 0.1) is 6.92 Å². The van der Waals surface area contributed by atoms with E-state index in [2.05, 4.69) is 26.8 Å². The Kier molecular flexibility index (Phi) is 6.26. The molecule has 1 N–H and O–H groups in total. The van der Waals surface area contributed by atoms with Crippen LogP contribution in [-0.2, 0) is 22.9 Å². The van der Waals surface area contributed by atoms with E-state index in [4.69, 9.17) is 4.52 Å². The van der Waals surface area contributed by atoms with Crippen LogP contribution in [-0.4, -0.2) is 30.1 Å². The Morgan fingerprint density at radius 1 is 1.06 bits per heavy atom. The minimum absolute atomic E-state index is 0.163. The van der Waals surface area contributed by atoms with E-state index in [0.717, 1.165) is 33.8 Å². The van der Waals surface area contributed by atoms with Gasteiger partial charge in [0.25, 0.3) is 0 Å².